The molecule has 0 bridgehead atoms. The molecule has 0 radical (unpaired) electrons. The number of hydrogen-bond donors (Lipinski definition) is 2. The van der Waals surface area contributed by atoms with Crippen molar-refractivity contribution in [1.29, 1.82) is 0 Å². The Labute approximate surface area is 195 Å². The van der Waals surface area contributed by atoms with E-state index in [0.717, 1.165) is 61.2 Å². The van der Waals surface area contributed by atoms with Gasteiger partial charge in [0.25, 0.3) is 0 Å². The van der Waals surface area contributed by atoms with E-state index in [1.54, 1.807) is 12.1 Å². The Morgan fingerprint density at radius 3 is 2.91 bits per heavy atom. The van der Waals surface area contributed by atoms with Gasteiger partial charge in [0.05, 0.1) is 36.3 Å². The fraction of sp³-hybridized carbons (Fsp3) is 0.600. The number of piperidine rings is 2. The number of carbonyl (C=O) groups excluding carboxylic acids is 1. The van der Waals surface area contributed by atoms with Crippen molar-refractivity contribution < 1.29 is 14.3 Å². The lowest BCUT2D eigenvalue weighted by molar-refractivity contribution is -0.577. The molecule has 2 aromatic rings. The third-order valence-corrected chi connectivity index (χ3v) is 7.77. The number of likely N-dealkylation sites (N-methyl/N-ethyl adjacent to an activating group) is 2. The molecule has 5 atom stereocenters. The summed E-state index contributed by atoms with van der Waals surface area (Å²) < 4.78 is 6.98. The van der Waals surface area contributed by atoms with Crippen LogP contribution in [0.2, 0.25) is 0 Å². The predicted octanol–water partition coefficient (Wildman–Crippen LogP) is 1.67. The molecule has 5 unspecified atom stereocenters. The number of pyridine rings is 1. The summed E-state index contributed by atoms with van der Waals surface area (Å²) in [6, 6.07) is 9.47. The van der Waals surface area contributed by atoms with Crippen molar-refractivity contribution in [1.82, 2.24) is 20.4 Å². The van der Waals surface area contributed by atoms with Gasteiger partial charge in [0.2, 0.25) is 11.4 Å². The third kappa shape index (κ3) is 4.16. The summed E-state index contributed by atoms with van der Waals surface area (Å²) in [7, 11) is 1.98. The molecule has 3 aliphatic rings. The van der Waals surface area contributed by atoms with Crippen molar-refractivity contribution in [3.05, 3.63) is 41.7 Å². The normalized spacial score (nSPS) is 30.5. The van der Waals surface area contributed by atoms with Crippen LogP contribution >= 0.6 is 0 Å². The molecule has 3 saturated heterocycles. The van der Waals surface area contributed by atoms with E-state index in [0.29, 0.717) is 18.0 Å². The van der Waals surface area contributed by atoms with Crippen LogP contribution in [0.1, 0.15) is 32.6 Å². The lowest BCUT2D eigenvalue weighted by atomic mass is 9.85. The molecule has 8 nitrogen and oxygen atoms in total. The molecule has 33 heavy (non-hydrogen) atoms. The van der Waals surface area contributed by atoms with E-state index in [-0.39, 0.29) is 30.2 Å². The molecule has 3 aliphatic heterocycles. The SMILES string of the molecule is CCN1C2NCC(CCOc3cc[n+]([O-])c4ccccc34)CC2C(=O)N(C)C2CCCNC21. The topological polar surface area (TPSA) is 83.8 Å². The molecule has 2 N–H and O–H groups in total. The molecule has 0 aliphatic carbocycles. The highest BCUT2D eigenvalue weighted by Crippen LogP contribution is 2.34. The Kier molecular flexibility index (Phi) is 6.40. The Hall–Kier alpha value is -2.42. The number of nitrogens with zero attached hydrogens (tertiary/aromatic N) is 3. The van der Waals surface area contributed by atoms with Crippen LogP contribution in [0.25, 0.3) is 10.9 Å². The average molecular weight is 454 g/mol. The molecular formula is C25H35N5O3. The van der Waals surface area contributed by atoms with Crippen molar-refractivity contribution >= 4 is 16.8 Å². The second kappa shape index (κ2) is 9.44. The van der Waals surface area contributed by atoms with Crippen LogP contribution in [0.5, 0.6) is 5.75 Å². The molecule has 1 aromatic heterocycles. The minimum atomic E-state index is -0.0434. The smallest absolute Gasteiger partial charge is 0.228 e. The quantitative estimate of drug-likeness (QED) is 0.529. The van der Waals surface area contributed by atoms with Crippen LogP contribution in [0, 0.1) is 17.0 Å². The van der Waals surface area contributed by atoms with Crippen molar-refractivity contribution in [2.45, 2.75) is 51.0 Å². The number of benzene rings is 1. The van der Waals surface area contributed by atoms with Gasteiger partial charge in [-0.1, -0.05) is 19.1 Å². The lowest BCUT2D eigenvalue weighted by Gasteiger charge is -2.45. The molecule has 178 valence electrons. The van der Waals surface area contributed by atoms with Crippen LogP contribution in [-0.4, -0.2) is 67.4 Å². The highest BCUT2D eigenvalue weighted by atomic mass is 16.5. The number of fused-ring (bicyclic) bond motifs is 3. The number of rotatable bonds is 5. The molecule has 0 spiro atoms. The third-order valence-electron chi connectivity index (χ3n) is 7.77. The first kappa shape index (κ1) is 22.4. The maximum Gasteiger partial charge on any atom is 0.228 e. The molecule has 0 saturated carbocycles. The van der Waals surface area contributed by atoms with Crippen molar-refractivity contribution in [3.63, 3.8) is 0 Å². The summed E-state index contributed by atoms with van der Waals surface area (Å²) in [6.45, 7) is 5.56. The van der Waals surface area contributed by atoms with E-state index in [1.165, 1.54) is 6.20 Å². The Morgan fingerprint density at radius 1 is 1.21 bits per heavy atom. The van der Waals surface area contributed by atoms with Crippen LogP contribution in [0.15, 0.2) is 36.5 Å². The Morgan fingerprint density at radius 2 is 2.06 bits per heavy atom. The van der Waals surface area contributed by atoms with Crippen molar-refractivity contribution in [2.24, 2.45) is 11.8 Å². The van der Waals surface area contributed by atoms with E-state index in [1.807, 2.05) is 30.1 Å². The van der Waals surface area contributed by atoms with Crippen LogP contribution in [-0.2, 0) is 4.79 Å². The summed E-state index contributed by atoms with van der Waals surface area (Å²) >= 11 is 0. The van der Waals surface area contributed by atoms with Gasteiger partial charge in [-0.05, 0) is 57.3 Å². The number of carbonyl (C=O) groups is 1. The van der Waals surface area contributed by atoms with Gasteiger partial charge in [-0.15, -0.1) is 0 Å². The van der Waals surface area contributed by atoms with Crippen LogP contribution in [0.3, 0.4) is 0 Å². The van der Waals surface area contributed by atoms with Gasteiger partial charge in [-0.2, -0.15) is 4.73 Å². The van der Waals surface area contributed by atoms with Crippen LogP contribution < -0.4 is 20.1 Å². The van der Waals surface area contributed by atoms with Gasteiger partial charge in [0, 0.05) is 19.2 Å². The fourth-order valence-corrected chi connectivity index (χ4v) is 6.04. The molecule has 3 fully saturated rings. The highest BCUT2D eigenvalue weighted by Gasteiger charge is 2.48. The molecule has 1 amide bonds. The van der Waals surface area contributed by atoms with Gasteiger partial charge in [0.1, 0.15) is 5.75 Å². The standard InChI is InChI=1S/C25H35N5O3/c1-3-29-23-19(25(31)28(2)21-9-6-12-26-24(21)29)15-17(16-27-23)11-14-33-22-10-13-30(32)20-8-5-4-7-18(20)22/h4-5,7-8,10,13,17,19,21,23-24,26-27H,3,6,9,11-12,14-16H2,1-2H3. The van der Waals surface area contributed by atoms with E-state index < -0.39 is 0 Å². The summed E-state index contributed by atoms with van der Waals surface area (Å²) in [5.41, 5.74) is 0.610. The zero-order valence-corrected chi connectivity index (χ0v) is 19.6. The first-order valence-corrected chi connectivity index (χ1v) is 12.3. The Balaban J connectivity index is 1.26. The first-order chi connectivity index (χ1) is 16.1. The second-order valence-corrected chi connectivity index (χ2v) is 9.61. The van der Waals surface area contributed by atoms with Crippen molar-refractivity contribution in [2.75, 3.05) is 33.3 Å². The van der Waals surface area contributed by atoms with E-state index in [2.05, 4.69) is 22.5 Å². The van der Waals surface area contributed by atoms with Gasteiger partial charge in [-0.25, -0.2) is 0 Å². The lowest BCUT2D eigenvalue weighted by Crippen LogP contribution is -2.64. The minimum absolute atomic E-state index is 0.0434. The number of ether oxygens (including phenoxy) is 1. The van der Waals surface area contributed by atoms with E-state index in [9.17, 15) is 10.0 Å². The number of hydrogen-bond acceptors (Lipinski definition) is 6. The predicted molar refractivity (Wildman–Crippen MR) is 126 cm³/mol. The molecular weight excluding hydrogens is 418 g/mol. The summed E-state index contributed by atoms with van der Waals surface area (Å²) in [6.07, 6.45) is 5.70. The van der Waals surface area contributed by atoms with Gasteiger partial charge in [-0.3, -0.25) is 15.0 Å². The monoisotopic (exact) mass is 453 g/mol. The maximum atomic E-state index is 13.5. The van der Waals surface area contributed by atoms with Gasteiger partial charge < -0.3 is 20.2 Å². The minimum Gasteiger partial charge on any atom is -0.618 e. The maximum absolute atomic E-state index is 13.5. The fourth-order valence-electron chi connectivity index (χ4n) is 6.04. The van der Waals surface area contributed by atoms with Gasteiger partial charge in [0.15, 0.2) is 6.20 Å². The first-order valence-electron chi connectivity index (χ1n) is 12.3. The molecule has 8 heteroatoms. The largest absolute Gasteiger partial charge is 0.618 e. The summed E-state index contributed by atoms with van der Waals surface area (Å²) in [5, 5.41) is 20.2. The molecule has 4 heterocycles. The zero-order valence-electron chi connectivity index (χ0n) is 19.6. The zero-order chi connectivity index (χ0) is 22.9. The molecule has 1 aromatic carbocycles. The second-order valence-electron chi connectivity index (χ2n) is 9.61. The summed E-state index contributed by atoms with van der Waals surface area (Å²) in [5.74, 6) is 1.33. The number of para-hydroxylation sites is 1. The van der Waals surface area contributed by atoms with E-state index in [4.69, 9.17) is 4.74 Å². The number of amides is 1. The highest BCUT2D eigenvalue weighted by molar-refractivity contribution is 5.82. The van der Waals surface area contributed by atoms with E-state index >= 15 is 0 Å². The summed E-state index contributed by atoms with van der Waals surface area (Å²) in [4.78, 5) is 18.0. The van der Waals surface area contributed by atoms with Crippen LogP contribution in [0.4, 0.5) is 0 Å². The van der Waals surface area contributed by atoms with Crippen molar-refractivity contribution in [3.8, 4) is 5.75 Å². The average Bonchev–Trinajstić information content (AvgIpc) is 2.94. The number of aromatic nitrogens is 1. The van der Waals surface area contributed by atoms with Gasteiger partial charge >= 0.3 is 0 Å². The number of nitrogens with one attached hydrogen (secondary N) is 2. The Bertz CT molecular complexity index is 1000. The molecule has 5 rings (SSSR count).